The van der Waals surface area contributed by atoms with Crippen LogP contribution in [0.2, 0.25) is 0 Å². The molecule has 0 spiro atoms. The fourth-order valence-corrected chi connectivity index (χ4v) is 1.65. The second-order valence-corrected chi connectivity index (χ2v) is 4.98. The Bertz CT molecular complexity index is 644. The van der Waals surface area contributed by atoms with E-state index in [0.717, 1.165) is 0 Å². The average Bonchev–Trinajstić information content (AvgIpc) is 2.59. The smallest absolute Gasteiger partial charge is 0.508 e. The average molecular weight is 443 g/mol. The number of hydrogen-bond acceptors (Lipinski definition) is 6. The molecule has 0 radical (unpaired) electrons. The summed E-state index contributed by atoms with van der Waals surface area (Å²) in [4.78, 5) is 20.4. The van der Waals surface area contributed by atoms with Gasteiger partial charge in [0.25, 0.3) is 0 Å². The van der Waals surface area contributed by atoms with Crippen molar-refractivity contribution in [1.82, 2.24) is 0 Å². The van der Waals surface area contributed by atoms with E-state index in [1.807, 2.05) is 0 Å². The Morgan fingerprint density at radius 2 is 1.00 bits per heavy atom. The fraction of sp³-hybridized carbons (Fsp3) is 0.222. The Hall–Kier alpha value is -1.58. The third-order valence-corrected chi connectivity index (χ3v) is 2.83. The summed E-state index contributed by atoms with van der Waals surface area (Å²) in [6.45, 7) is 1.19. The van der Waals surface area contributed by atoms with E-state index in [2.05, 4.69) is 0 Å². The van der Waals surface area contributed by atoms with E-state index in [1.54, 1.807) is 36.4 Å². The van der Waals surface area contributed by atoms with Gasteiger partial charge in [0.2, 0.25) is 0 Å². The van der Waals surface area contributed by atoms with Gasteiger partial charge in [0.1, 0.15) is 11.5 Å². The molecule has 0 aliphatic heterocycles. The second kappa shape index (κ2) is 18.8. The van der Waals surface area contributed by atoms with Crippen molar-refractivity contribution in [2.24, 2.45) is 11.5 Å². The molecule has 2 aromatic rings. The molecule has 0 atom stereocenters. The number of hydrogen-bond donors (Lipinski definition) is 6. The van der Waals surface area contributed by atoms with E-state index in [0.29, 0.717) is 24.2 Å². The maximum Gasteiger partial charge on any atom is 1.00 e. The van der Waals surface area contributed by atoms with Gasteiger partial charge >= 0.3 is 41.5 Å². The van der Waals surface area contributed by atoms with Crippen molar-refractivity contribution in [1.29, 1.82) is 0 Å². The number of benzene rings is 2. The number of aliphatic carboxylic acids is 2. The van der Waals surface area contributed by atoms with Gasteiger partial charge in [-0.3, -0.25) is 9.59 Å². The Kier molecular flexibility index (Phi) is 20.9. The molecule has 8 nitrogen and oxygen atoms in total. The van der Waals surface area contributed by atoms with Gasteiger partial charge < -0.3 is 31.9 Å². The zero-order valence-electron chi connectivity index (χ0n) is 15.6. The fourth-order valence-electron chi connectivity index (χ4n) is 1.65. The zero-order valence-corrected chi connectivity index (χ0v) is 18.7. The molecule has 0 saturated carbocycles. The molecule has 0 aromatic heterocycles. The summed E-state index contributed by atoms with van der Waals surface area (Å²) in [6.07, 6.45) is -0.265. The topological polar surface area (TPSA) is 167 Å². The molecule has 10 heteroatoms. The Balaban J connectivity index is -0.000000355. The van der Waals surface area contributed by atoms with Crippen LogP contribution in [0.15, 0.2) is 48.5 Å². The van der Waals surface area contributed by atoms with E-state index in [1.165, 1.54) is 12.1 Å². The molecule has 0 bridgehead atoms. The number of carboxylic acids is 2. The van der Waals surface area contributed by atoms with Gasteiger partial charge in [-0.1, -0.05) is 36.4 Å². The number of aromatic hydroxyl groups is 2. The predicted octanol–water partition coefficient (Wildman–Crippen LogP) is -2.06. The maximum atomic E-state index is 10.2. The van der Waals surface area contributed by atoms with Crippen molar-refractivity contribution >= 4 is 11.9 Å². The Morgan fingerprint density at radius 1 is 0.714 bits per heavy atom. The first kappa shape index (κ1) is 31.1. The first-order valence-electron chi connectivity index (χ1n) is 7.69. The van der Waals surface area contributed by atoms with Crippen LogP contribution in [-0.4, -0.2) is 45.5 Å². The van der Waals surface area contributed by atoms with Crippen LogP contribution >= 0.6 is 0 Å². The minimum Gasteiger partial charge on any atom is -0.508 e. The summed E-state index contributed by atoms with van der Waals surface area (Å²) in [6, 6.07) is 12.8. The number of nitrogens with two attached hydrogens (primary N) is 2. The van der Waals surface area contributed by atoms with Crippen LogP contribution in [0.5, 0.6) is 11.5 Å². The van der Waals surface area contributed by atoms with E-state index < -0.39 is 11.9 Å². The zero-order chi connectivity index (χ0) is 19.9. The molecule has 0 aliphatic carbocycles. The number of carbonyl (C=O) groups is 2. The molecule has 150 valence electrons. The van der Waals surface area contributed by atoms with Crippen LogP contribution in [0.4, 0.5) is 0 Å². The van der Waals surface area contributed by atoms with Gasteiger partial charge in [-0.25, -0.2) is 0 Å². The van der Waals surface area contributed by atoms with Gasteiger partial charge in [0.15, 0.2) is 0 Å². The van der Waals surface area contributed by atoms with Gasteiger partial charge in [0.05, 0.1) is 12.8 Å². The van der Waals surface area contributed by atoms with Crippen LogP contribution in [0.25, 0.3) is 0 Å². The van der Waals surface area contributed by atoms with Gasteiger partial charge in [-0.05, 0) is 12.1 Å². The molecule has 0 unspecified atom stereocenters. The standard InChI is InChI=1S/2C8H8O3.C2H8N2.Fe.Na/c2*9-7-4-2-1-3-6(7)5-8(10)11;3-1-2-4;;/h2*1-4,9H,5H2,(H,10,11);1-4H2;;/q;;;;+1. The first-order chi connectivity index (χ1) is 12.3. The van der Waals surface area contributed by atoms with E-state index in [4.69, 9.17) is 31.9 Å². The number of para-hydroxylation sites is 2. The van der Waals surface area contributed by atoms with Crippen LogP contribution in [0.1, 0.15) is 11.1 Å². The number of carboxylic acid groups (broad SMARTS) is 2. The van der Waals surface area contributed by atoms with E-state index in [-0.39, 0.29) is 71.0 Å². The molecule has 0 heterocycles. The molecule has 2 aromatic carbocycles. The minimum absolute atomic E-state index is 0. The molecular formula is C18H24FeN2NaO6+. The summed E-state index contributed by atoms with van der Waals surface area (Å²) >= 11 is 0. The monoisotopic (exact) mass is 443 g/mol. The summed E-state index contributed by atoms with van der Waals surface area (Å²) < 4.78 is 0. The molecule has 0 saturated heterocycles. The number of phenols is 2. The van der Waals surface area contributed by atoms with Crippen molar-refractivity contribution < 1.29 is 76.6 Å². The predicted molar refractivity (Wildman–Crippen MR) is 97.0 cm³/mol. The molecular weight excluding hydrogens is 419 g/mol. The van der Waals surface area contributed by atoms with Crippen LogP contribution in [0, 0.1) is 0 Å². The molecule has 0 fully saturated rings. The first-order valence-corrected chi connectivity index (χ1v) is 7.69. The molecule has 2 rings (SSSR count). The number of phenolic OH excluding ortho intramolecular Hbond substituents is 2. The molecule has 28 heavy (non-hydrogen) atoms. The summed E-state index contributed by atoms with van der Waals surface area (Å²) in [5.74, 6) is -1.80. The van der Waals surface area contributed by atoms with Crippen molar-refractivity contribution in [2.45, 2.75) is 12.8 Å². The van der Waals surface area contributed by atoms with Crippen molar-refractivity contribution in [3.05, 3.63) is 59.7 Å². The molecule has 8 N–H and O–H groups in total. The third-order valence-electron chi connectivity index (χ3n) is 2.83. The van der Waals surface area contributed by atoms with Crippen LogP contribution in [0.3, 0.4) is 0 Å². The maximum absolute atomic E-state index is 10.2. The summed E-state index contributed by atoms with van der Waals surface area (Å²) in [5, 5.41) is 35.0. The van der Waals surface area contributed by atoms with Crippen molar-refractivity contribution in [3.63, 3.8) is 0 Å². The largest absolute Gasteiger partial charge is 1.00 e. The van der Waals surface area contributed by atoms with E-state index in [9.17, 15) is 9.59 Å². The van der Waals surface area contributed by atoms with Gasteiger partial charge in [-0.15, -0.1) is 0 Å². The van der Waals surface area contributed by atoms with E-state index >= 15 is 0 Å². The van der Waals surface area contributed by atoms with Crippen LogP contribution < -0.4 is 41.0 Å². The SMILES string of the molecule is NCCN.O=C(O)Cc1ccccc1O.O=C(O)Cc1ccccc1O.[Fe].[Na+]. The number of rotatable bonds is 5. The van der Waals surface area contributed by atoms with Crippen LogP contribution in [-0.2, 0) is 39.5 Å². The second-order valence-electron chi connectivity index (χ2n) is 4.98. The van der Waals surface area contributed by atoms with Crippen molar-refractivity contribution in [3.8, 4) is 11.5 Å². The minimum atomic E-state index is -0.938. The van der Waals surface area contributed by atoms with Gasteiger partial charge in [0, 0.05) is 41.3 Å². The molecule has 0 aliphatic rings. The Morgan fingerprint density at radius 3 is 1.21 bits per heavy atom. The third kappa shape index (κ3) is 15.5. The summed E-state index contributed by atoms with van der Waals surface area (Å²) in [7, 11) is 0. The molecule has 0 amide bonds. The van der Waals surface area contributed by atoms with Gasteiger partial charge in [-0.2, -0.15) is 0 Å². The Labute approximate surface area is 196 Å². The summed E-state index contributed by atoms with van der Waals surface area (Å²) in [5.41, 5.74) is 10.7. The normalized spacial score (nSPS) is 8.50. The van der Waals surface area contributed by atoms with Crippen molar-refractivity contribution in [2.75, 3.05) is 13.1 Å². The quantitative estimate of drug-likeness (QED) is 0.287.